The summed E-state index contributed by atoms with van der Waals surface area (Å²) in [6, 6.07) is 7.19. The lowest BCUT2D eigenvalue weighted by atomic mass is 10.0. The van der Waals surface area contributed by atoms with Crippen LogP contribution in [0.15, 0.2) is 48.4 Å². The highest BCUT2D eigenvalue weighted by Gasteiger charge is 2.36. The quantitative estimate of drug-likeness (QED) is 0.229. The number of fused-ring (bicyclic) bond motifs is 2. The maximum atomic E-state index is 16.2. The number of hydrogen-bond donors (Lipinski definition) is 0. The van der Waals surface area contributed by atoms with Crippen LogP contribution in [0.3, 0.4) is 0 Å². The molecule has 10 nitrogen and oxygen atoms in total. The van der Waals surface area contributed by atoms with Gasteiger partial charge in [-0.25, -0.2) is 18.0 Å². The van der Waals surface area contributed by atoms with Crippen LogP contribution < -0.4 is 9.64 Å². The number of carbonyl (C=O) groups excluding carboxylic acids is 2. The monoisotopic (exact) mass is 668 g/mol. The van der Waals surface area contributed by atoms with E-state index >= 15 is 8.78 Å². The maximum Gasteiger partial charge on any atom is 0.410 e. The second-order valence-corrected chi connectivity index (χ2v) is 12.7. The first-order chi connectivity index (χ1) is 22.4. The van der Waals surface area contributed by atoms with Crippen molar-refractivity contribution in [3.63, 3.8) is 0 Å². The van der Waals surface area contributed by atoms with Crippen LogP contribution in [0.4, 0.5) is 23.8 Å². The minimum atomic E-state index is -0.946. The number of anilines is 1. The van der Waals surface area contributed by atoms with Gasteiger partial charge in [-0.2, -0.15) is 9.97 Å². The number of likely N-dealkylation sites (tertiary alicyclic amines) is 1. The number of ether oxygens (including phenoxy) is 2. The number of amides is 2. The lowest BCUT2D eigenvalue weighted by Gasteiger charge is -2.40. The van der Waals surface area contributed by atoms with Crippen LogP contribution in [0.1, 0.15) is 27.2 Å². The standard InChI is InChI=1S/C33H32ClF3N6O4/c1-33(2,3)47-32(45)43-11-10-19(43)16-23(36)30(44)42-14-12-41(13-15-42)29-21-17-38-27(26(37)28(21)39-31(40-29)46-4)20-7-5-6-18-8-9-22(35)25(34)24(18)20/h5-9,16-17,19H,10-15H2,1-4H3/b23-16-. The number of benzene rings is 2. The van der Waals surface area contributed by atoms with Gasteiger partial charge in [-0.1, -0.05) is 35.9 Å². The number of aromatic nitrogens is 3. The van der Waals surface area contributed by atoms with Crippen LogP contribution >= 0.6 is 11.6 Å². The third kappa shape index (κ3) is 6.23. The van der Waals surface area contributed by atoms with Crippen LogP contribution in [-0.2, 0) is 9.53 Å². The molecule has 47 heavy (non-hydrogen) atoms. The van der Waals surface area contributed by atoms with E-state index in [1.54, 1.807) is 45.0 Å². The molecule has 6 rings (SSSR count). The highest BCUT2D eigenvalue weighted by atomic mass is 35.5. The number of halogens is 4. The van der Waals surface area contributed by atoms with Crippen molar-refractivity contribution >= 4 is 51.1 Å². The van der Waals surface area contributed by atoms with E-state index in [4.69, 9.17) is 21.1 Å². The van der Waals surface area contributed by atoms with Gasteiger partial charge in [0.15, 0.2) is 11.6 Å². The Bertz CT molecular complexity index is 1930. The van der Waals surface area contributed by atoms with Crippen molar-refractivity contribution in [2.45, 2.75) is 38.8 Å². The van der Waals surface area contributed by atoms with Gasteiger partial charge in [0.25, 0.3) is 5.91 Å². The summed E-state index contributed by atoms with van der Waals surface area (Å²) < 4.78 is 56.4. The van der Waals surface area contributed by atoms with Crippen molar-refractivity contribution in [3.05, 3.63) is 65.1 Å². The normalized spacial score (nSPS) is 17.2. The van der Waals surface area contributed by atoms with Crippen LogP contribution in [0.5, 0.6) is 6.01 Å². The van der Waals surface area contributed by atoms with Crippen molar-refractivity contribution in [2.24, 2.45) is 0 Å². The predicted octanol–water partition coefficient (Wildman–Crippen LogP) is 6.30. The van der Waals surface area contributed by atoms with E-state index in [0.717, 1.165) is 6.08 Å². The van der Waals surface area contributed by atoms with E-state index < -0.39 is 41.1 Å². The molecule has 0 bridgehead atoms. The molecule has 2 aromatic heterocycles. The highest BCUT2D eigenvalue weighted by Crippen LogP contribution is 2.38. The van der Waals surface area contributed by atoms with Crippen molar-refractivity contribution < 1.29 is 32.2 Å². The lowest BCUT2D eigenvalue weighted by Crippen LogP contribution is -2.52. The van der Waals surface area contributed by atoms with Gasteiger partial charge in [0, 0.05) is 49.9 Å². The molecule has 14 heteroatoms. The lowest BCUT2D eigenvalue weighted by molar-refractivity contribution is -0.129. The van der Waals surface area contributed by atoms with Crippen LogP contribution in [0.25, 0.3) is 32.9 Å². The molecule has 0 N–H and O–H groups in total. The van der Waals surface area contributed by atoms with Gasteiger partial charge in [-0.15, -0.1) is 0 Å². The van der Waals surface area contributed by atoms with E-state index in [1.807, 2.05) is 4.90 Å². The van der Waals surface area contributed by atoms with Gasteiger partial charge in [-0.3, -0.25) is 9.78 Å². The zero-order chi connectivity index (χ0) is 33.6. The fourth-order valence-corrected chi connectivity index (χ4v) is 5.96. The molecule has 0 aliphatic carbocycles. The molecule has 4 heterocycles. The summed E-state index contributed by atoms with van der Waals surface area (Å²) in [6.45, 7) is 6.47. The second-order valence-electron chi connectivity index (χ2n) is 12.3. The zero-order valence-electron chi connectivity index (χ0n) is 26.2. The summed E-state index contributed by atoms with van der Waals surface area (Å²) in [5, 5.41) is 1.08. The first-order valence-electron chi connectivity index (χ1n) is 15.0. The summed E-state index contributed by atoms with van der Waals surface area (Å²) in [6.07, 6.45) is 2.56. The van der Waals surface area contributed by atoms with Crippen molar-refractivity contribution in [1.29, 1.82) is 0 Å². The molecule has 2 aromatic carbocycles. The molecule has 2 aliphatic heterocycles. The number of rotatable bonds is 5. The minimum absolute atomic E-state index is 0.0658. The van der Waals surface area contributed by atoms with Crippen LogP contribution in [-0.4, -0.2) is 88.2 Å². The zero-order valence-corrected chi connectivity index (χ0v) is 26.9. The third-order valence-electron chi connectivity index (χ3n) is 8.12. The van der Waals surface area contributed by atoms with Gasteiger partial charge < -0.3 is 24.2 Å². The molecule has 246 valence electrons. The molecular formula is C33H32ClF3N6O4. The minimum Gasteiger partial charge on any atom is -0.467 e. The SMILES string of the molecule is COc1nc(N2CCN(C(=O)/C(F)=C/C3CCN3C(=O)OC(C)(C)C)CC2)c2cnc(-c3cccc4ccc(F)c(Cl)c34)c(F)c2n1. The molecule has 2 aliphatic rings. The molecular weight excluding hydrogens is 637 g/mol. The molecule has 2 amide bonds. The number of pyridine rings is 1. The summed E-state index contributed by atoms with van der Waals surface area (Å²) in [4.78, 5) is 43.1. The van der Waals surface area contributed by atoms with E-state index in [2.05, 4.69) is 15.0 Å². The van der Waals surface area contributed by atoms with Crippen LogP contribution in [0.2, 0.25) is 5.02 Å². The van der Waals surface area contributed by atoms with Gasteiger partial charge in [0.2, 0.25) is 0 Å². The van der Waals surface area contributed by atoms with E-state index in [-0.39, 0.29) is 48.4 Å². The summed E-state index contributed by atoms with van der Waals surface area (Å²) in [7, 11) is 1.36. The predicted molar refractivity (Wildman–Crippen MR) is 171 cm³/mol. The van der Waals surface area contributed by atoms with Gasteiger partial charge >= 0.3 is 12.1 Å². The Morgan fingerprint density at radius 1 is 1.04 bits per heavy atom. The van der Waals surface area contributed by atoms with Crippen molar-refractivity contribution in [3.8, 4) is 17.3 Å². The van der Waals surface area contributed by atoms with E-state index in [9.17, 15) is 14.0 Å². The van der Waals surface area contributed by atoms with Crippen molar-refractivity contribution in [2.75, 3.05) is 44.7 Å². The molecule has 0 spiro atoms. The maximum absolute atomic E-state index is 16.2. The van der Waals surface area contributed by atoms with Gasteiger partial charge in [0.1, 0.15) is 28.4 Å². The molecule has 1 unspecified atom stereocenters. The molecule has 2 fully saturated rings. The topological polar surface area (TPSA) is 101 Å². The molecule has 1 atom stereocenters. The number of hydrogen-bond acceptors (Lipinski definition) is 8. The smallest absolute Gasteiger partial charge is 0.410 e. The number of nitrogens with zero attached hydrogens (tertiary/aromatic N) is 6. The number of piperazine rings is 1. The summed E-state index contributed by atoms with van der Waals surface area (Å²) in [5.41, 5.74) is -0.534. The first kappa shape index (κ1) is 32.3. The van der Waals surface area contributed by atoms with Gasteiger partial charge in [-0.05, 0) is 44.7 Å². The van der Waals surface area contributed by atoms with E-state index in [0.29, 0.717) is 40.5 Å². The Hall–Kier alpha value is -4.65. The molecule has 2 saturated heterocycles. The first-order valence-corrected chi connectivity index (χ1v) is 15.4. The Balaban J connectivity index is 1.23. The third-order valence-corrected chi connectivity index (χ3v) is 8.49. The van der Waals surface area contributed by atoms with Crippen LogP contribution in [0, 0.1) is 11.6 Å². The summed E-state index contributed by atoms with van der Waals surface area (Å²) >= 11 is 6.30. The second kappa shape index (κ2) is 12.5. The largest absolute Gasteiger partial charge is 0.467 e. The average Bonchev–Trinajstić information content (AvgIpc) is 3.03. The summed E-state index contributed by atoms with van der Waals surface area (Å²) in [5.74, 6) is -2.81. The number of carbonyl (C=O) groups is 2. The fraction of sp³-hybridized carbons (Fsp3) is 0.364. The average molecular weight is 669 g/mol. The Morgan fingerprint density at radius 2 is 1.79 bits per heavy atom. The molecule has 0 radical (unpaired) electrons. The van der Waals surface area contributed by atoms with Gasteiger partial charge in [0.05, 0.1) is 23.6 Å². The molecule has 0 saturated carbocycles. The Kier molecular flexibility index (Phi) is 8.60. The van der Waals surface area contributed by atoms with Crippen molar-refractivity contribution in [1.82, 2.24) is 24.8 Å². The van der Waals surface area contributed by atoms with E-state index in [1.165, 1.54) is 29.2 Å². The fourth-order valence-electron chi connectivity index (χ4n) is 5.69. The highest BCUT2D eigenvalue weighted by molar-refractivity contribution is 6.36. The molecule has 4 aromatic rings. The Labute approximate surface area is 273 Å². The Morgan fingerprint density at radius 3 is 2.45 bits per heavy atom. The number of methoxy groups -OCH3 is 1.